The lowest BCUT2D eigenvalue weighted by molar-refractivity contribution is 0.564. The molecule has 440 valence electrons. The normalized spacial score (nSPS) is 15.0. The molecule has 0 radical (unpaired) electrons. The van der Waals surface area contributed by atoms with Gasteiger partial charge in [0.05, 0.1) is 22.1 Å². The third kappa shape index (κ3) is 8.07. The molecule has 4 aliphatic rings. The molecule has 93 heavy (non-hydrogen) atoms. The Morgan fingerprint density at radius 3 is 1.06 bits per heavy atom. The van der Waals surface area contributed by atoms with Crippen molar-refractivity contribution in [2.45, 2.75) is 56.8 Å². The predicted molar refractivity (Wildman–Crippen MR) is 392 cm³/mol. The summed E-state index contributed by atoms with van der Waals surface area (Å²) in [5, 5.41) is 5.05. The third-order valence-electron chi connectivity index (χ3n) is 21.9. The molecule has 0 N–H and O–H groups in total. The van der Waals surface area contributed by atoms with Gasteiger partial charge in [-0.3, -0.25) is 0 Å². The fourth-order valence-electron chi connectivity index (χ4n) is 17.2. The molecule has 0 aliphatic heterocycles. The number of hydrogen-bond acceptors (Lipinski definition) is 0. The predicted octanol–water partition coefficient (Wildman–Crippen LogP) is 23.2. The number of aromatic nitrogens is 2. The molecule has 0 amide bonds. The molecule has 0 saturated carbocycles. The van der Waals surface area contributed by atoms with E-state index in [9.17, 15) is 0 Å². The molecule has 15 aromatic rings. The van der Waals surface area contributed by atoms with Gasteiger partial charge in [0.15, 0.2) is 0 Å². The van der Waals surface area contributed by atoms with Gasteiger partial charge in [-0.05, 0) is 208 Å². The summed E-state index contributed by atoms with van der Waals surface area (Å²) >= 11 is 0. The molecule has 0 atom stereocenters. The zero-order valence-corrected chi connectivity index (χ0v) is 52.7. The van der Waals surface area contributed by atoms with E-state index in [1.165, 1.54) is 177 Å². The lowest BCUT2D eigenvalue weighted by atomic mass is 9.74. The molecule has 0 fully saturated rings. The average molecular weight is 1190 g/mol. The number of hydrogen-bond donors (Lipinski definition) is 0. The van der Waals surface area contributed by atoms with Crippen LogP contribution in [0.1, 0.15) is 94.5 Å². The van der Waals surface area contributed by atoms with Gasteiger partial charge in [-0.2, -0.15) is 0 Å². The van der Waals surface area contributed by atoms with Gasteiger partial charge in [0.1, 0.15) is 0 Å². The quantitative estimate of drug-likeness (QED) is 0.134. The Morgan fingerprint density at radius 2 is 0.602 bits per heavy atom. The van der Waals surface area contributed by atoms with Crippen molar-refractivity contribution in [3.63, 3.8) is 0 Å². The molecular formula is C91H66N2. The van der Waals surface area contributed by atoms with Gasteiger partial charge in [-0.25, -0.2) is 0 Å². The third-order valence-corrected chi connectivity index (χ3v) is 21.9. The van der Waals surface area contributed by atoms with Gasteiger partial charge in [-0.1, -0.05) is 258 Å². The van der Waals surface area contributed by atoms with Crippen LogP contribution in [-0.4, -0.2) is 9.13 Å². The van der Waals surface area contributed by atoms with Crippen molar-refractivity contribution in [1.82, 2.24) is 9.13 Å². The van der Waals surface area contributed by atoms with Gasteiger partial charge in [0, 0.05) is 49.2 Å². The molecule has 0 saturated heterocycles. The van der Waals surface area contributed by atoms with Crippen LogP contribution in [0.5, 0.6) is 0 Å². The van der Waals surface area contributed by atoms with Crippen LogP contribution in [0.2, 0.25) is 0 Å². The molecular weight excluding hydrogens is 1120 g/mol. The highest BCUT2D eigenvalue weighted by atomic mass is 15.0. The van der Waals surface area contributed by atoms with Crippen LogP contribution in [0, 0.1) is 0 Å². The van der Waals surface area contributed by atoms with E-state index in [1.807, 2.05) is 0 Å². The van der Waals surface area contributed by atoms with E-state index in [-0.39, 0.29) is 16.2 Å². The van der Waals surface area contributed by atoms with Crippen molar-refractivity contribution < 1.29 is 0 Å². The van der Waals surface area contributed by atoms with E-state index in [2.05, 4.69) is 340 Å². The number of benzene rings is 13. The summed E-state index contributed by atoms with van der Waals surface area (Å²) in [6.45, 7) is 9.45. The Balaban J connectivity index is 0.586. The van der Waals surface area contributed by atoms with Crippen molar-refractivity contribution in [2.24, 2.45) is 0 Å². The summed E-state index contributed by atoms with van der Waals surface area (Å²) < 4.78 is 4.91. The fourth-order valence-corrected chi connectivity index (χ4v) is 17.2. The standard InChI is InChI=1S/C91H66N2/c1-89(2)79-21-11-7-17-69(79)71-45-41-67(53-81(71)89)92-85-23-13-9-19-75(85)77-49-59(33-47-87(77)92)27-25-57-29-35-61(36-30-57)63-39-43-73-74-44-40-64(52-84(74)91(83(73)51-63)55-65-15-5-6-16-66(65)56-91)62-37-31-58(32-38-62)26-28-60-34-48-88-78(50-60)76-20-10-14-24-86(76)93(88)68-42-46-72-70-18-8-12-22-80(70)90(3,4)82(72)54-68/h5-54H,55-56H2,1-4H3/b27-25+,28-26+. The summed E-state index contributed by atoms with van der Waals surface area (Å²) in [6.07, 6.45) is 11.0. The van der Waals surface area contributed by atoms with Crippen LogP contribution in [-0.2, 0) is 29.1 Å². The Kier molecular flexibility index (Phi) is 11.5. The summed E-state index contributed by atoms with van der Waals surface area (Å²) in [7, 11) is 0. The van der Waals surface area contributed by atoms with Crippen LogP contribution in [0.4, 0.5) is 0 Å². The van der Waals surface area contributed by atoms with Crippen LogP contribution in [0.25, 0.3) is 135 Å². The SMILES string of the molecule is CC1(C)c2ccccc2-c2ccc(-n3c4ccccc4c4cc(/C=C/c5ccc(-c6ccc7c(c6)C6(Cc8ccccc8C6)c6cc(-c8ccc(/C=C/c9ccc%10c(c9)c9ccccc9n%10-c9ccc%10c(c9)C(C)(C)c9ccccc9-%10)cc8)ccc6-7)cc5)ccc43)cc21. The van der Waals surface area contributed by atoms with Gasteiger partial charge >= 0.3 is 0 Å². The van der Waals surface area contributed by atoms with E-state index >= 15 is 0 Å². The maximum absolute atomic E-state index is 2.52. The monoisotopic (exact) mass is 1190 g/mol. The van der Waals surface area contributed by atoms with Crippen LogP contribution in [0.15, 0.2) is 279 Å². The van der Waals surface area contributed by atoms with Crippen LogP contribution in [0.3, 0.4) is 0 Å². The van der Waals surface area contributed by atoms with E-state index < -0.39 is 0 Å². The minimum Gasteiger partial charge on any atom is -0.309 e. The number of nitrogens with zero attached hydrogens (tertiary/aromatic N) is 2. The molecule has 2 heteroatoms. The Hall–Kier alpha value is -11.1. The molecule has 2 nitrogen and oxygen atoms in total. The maximum atomic E-state index is 2.52. The van der Waals surface area contributed by atoms with Crippen LogP contribution < -0.4 is 0 Å². The van der Waals surface area contributed by atoms with E-state index in [1.54, 1.807) is 0 Å². The Bertz CT molecular complexity index is 5380. The van der Waals surface area contributed by atoms with Gasteiger partial charge in [-0.15, -0.1) is 0 Å². The topological polar surface area (TPSA) is 9.86 Å². The summed E-state index contributed by atoms with van der Waals surface area (Å²) in [4.78, 5) is 0. The first-order valence-electron chi connectivity index (χ1n) is 33.0. The fraction of sp³-hybridized carbons (Fsp3) is 0.0989. The molecule has 0 unspecified atom stereocenters. The smallest absolute Gasteiger partial charge is 0.0541 e. The molecule has 13 aromatic carbocycles. The number of para-hydroxylation sites is 2. The summed E-state index contributed by atoms with van der Waals surface area (Å²) in [5.74, 6) is 0. The van der Waals surface area contributed by atoms with Gasteiger partial charge in [0.25, 0.3) is 0 Å². The first kappa shape index (κ1) is 53.7. The Morgan fingerprint density at radius 1 is 0.258 bits per heavy atom. The van der Waals surface area contributed by atoms with Crippen molar-refractivity contribution in [3.8, 4) is 67.0 Å². The highest BCUT2D eigenvalue weighted by Crippen LogP contribution is 2.57. The zero-order valence-electron chi connectivity index (χ0n) is 52.7. The lowest BCUT2D eigenvalue weighted by Crippen LogP contribution is -2.26. The van der Waals surface area contributed by atoms with Crippen LogP contribution >= 0.6 is 0 Å². The largest absolute Gasteiger partial charge is 0.309 e. The van der Waals surface area contributed by atoms with Gasteiger partial charge < -0.3 is 9.13 Å². The maximum Gasteiger partial charge on any atom is 0.0541 e. The molecule has 4 aliphatic carbocycles. The minimum absolute atomic E-state index is 0.0674. The minimum atomic E-state index is -0.151. The van der Waals surface area contributed by atoms with Crippen molar-refractivity contribution in [3.05, 3.63) is 346 Å². The van der Waals surface area contributed by atoms with Gasteiger partial charge in [0.2, 0.25) is 0 Å². The van der Waals surface area contributed by atoms with E-state index in [0.717, 1.165) is 12.8 Å². The summed E-state index contributed by atoms with van der Waals surface area (Å²) in [5.41, 5.74) is 36.2. The van der Waals surface area contributed by atoms with Crippen molar-refractivity contribution in [1.29, 1.82) is 0 Å². The highest BCUT2D eigenvalue weighted by molar-refractivity contribution is 6.11. The van der Waals surface area contributed by atoms with Crippen molar-refractivity contribution >= 4 is 67.9 Å². The number of rotatable bonds is 8. The second kappa shape index (κ2) is 20.0. The molecule has 2 heterocycles. The first-order chi connectivity index (χ1) is 45.5. The molecule has 1 spiro atoms. The van der Waals surface area contributed by atoms with E-state index in [4.69, 9.17) is 0 Å². The first-order valence-corrected chi connectivity index (χ1v) is 33.0. The zero-order chi connectivity index (χ0) is 61.9. The second-order valence-electron chi connectivity index (χ2n) is 27.7. The lowest BCUT2D eigenvalue weighted by Gasteiger charge is -2.27. The molecule has 19 rings (SSSR count). The van der Waals surface area contributed by atoms with Crippen molar-refractivity contribution in [2.75, 3.05) is 0 Å². The second-order valence-corrected chi connectivity index (χ2v) is 27.7. The van der Waals surface area contributed by atoms with E-state index in [0.29, 0.717) is 0 Å². The molecule has 0 bridgehead atoms. The summed E-state index contributed by atoms with van der Waals surface area (Å²) in [6, 6.07) is 105. The average Bonchev–Trinajstić information content (AvgIpc) is 1.55. The highest BCUT2D eigenvalue weighted by Gasteiger charge is 2.47. The number of fused-ring (bicyclic) bond motifs is 18. The molecule has 2 aromatic heterocycles. The Labute approximate surface area is 543 Å².